The van der Waals surface area contributed by atoms with E-state index in [0.717, 1.165) is 0 Å². The summed E-state index contributed by atoms with van der Waals surface area (Å²) >= 11 is 0. The summed E-state index contributed by atoms with van der Waals surface area (Å²) in [5, 5.41) is 80.1. The third-order valence-corrected chi connectivity index (χ3v) is 7.97. The molecule has 0 saturated carbocycles. The molecule has 8 N–H and O–H groups in total. The largest absolute Gasteiger partial charge is 0.393 e. The fourth-order valence-electron chi connectivity index (χ4n) is 4.45. The van der Waals surface area contributed by atoms with Gasteiger partial charge in [0.25, 0.3) is 0 Å². The van der Waals surface area contributed by atoms with Gasteiger partial charge in [0.15, 0.2) is 18.9 Å². The first-order chi connectivity index (χ1) is 17.2. The van der Waals surface area contributed by atoms with Gasteiger partial charge in [-0.25, -0.2) is 0 Å². The number of aliphatic hydroxyl groups excluding tert-OH is 8. The Morgan fingerprint density at radius 2 is 1.41 bits per heavy atom. The zero-order chi connectivity index (χ0) is 28.1. The van der Waals surface area contributed by atoms with Gasteiger partial charge < -0.3 is 64.5 Å². The molecule has 2 fully saturated rings. The topological polar surface area (TPSA) is 208 Å². The van der Waals surface area contributed by atoms with Crippen molar-refractivity contribution in [3.63, 3.8) is 0 Å². The lowest BCUT2D eigenvalue weighted by molar-refractivity contribution is -0.342. The second-order valence-electron chi connectivity index (χ2n) is 10.5. The Bertz CT molecular complexity index is 685. The second-order valence-corrected chi connectivity index (χ2v) is 10.5. The summed E-state index contributed by atoms with van der Waals surface area (Å²) in [5.74, 6) is -1.10. The molecule has 13 nitrogen and oxygen atoms in total. The molecule has 220 valence electrons. The molecule has 2 rings (SSSR count). The fraction of sp³-hybridized carbons (Fsp3) is 1.00. The van der Waals surface area contributed by atoms with Crippen molar-refractivity contribution in [3.8, 4) is 0 Å². The van der Waals surface area contributed by atoms with Gasteiger partial charge in [0.05, 0.1) is 43.7 Å². The Kier molecular flexibility index (Phi) is 12.1. The molecule has 0 amide bonds. The molecule has 0 spiro atoms. The van der Waals surface area contributed by atoms with E-state index in [-0.39, 0.29) is 25.7 Å². The smallest absolute Gasteiger partial charge is 0.186 e. The van der Waals surface area contributed by atoms with Crippen LogP contribution in [0.25, 0.3) is 0 Å². The van der Waals surface area contributed by atoms with Crippen molar-refractivity contribution in [2.75, 3.05) is 26.4 Å². The summed E-state index contributed by atoms with van der Waals surface area (Å²) in [6, 6.07) is 0. The normalized spacial score (nSPS) is 38.8. The minimum Gasteiger partial charge on any atom is -0.393 e. The summed E-state index contributed by atoms with van der Waals surface area (Å²) in [5.41, 5.74) is -2.05. The second kappa shape index (κ2) is 13.7. The van der Waals surface area contributed by atoms with Crippen LogP contribution >= 0.6 is 0 Å². The zero-order valence-electron chi connectivity index (χ0n) is 22.2. The van der Waals surface area contributed by atoms with Crippen LogP contribution in [0.3, 0.4) is 0 Å². The molecule has 0 radical (unpaired) electrons. The van der Waals surface area contributed by atoms with Crippen molar-refractivity contribution in [1.29, 1.82) is 0 Å². The maximum Gasteiger partial charge on any atom is 0.186 e. The fourth-order valence-corrected chi connectivity index (χ4v) is 4.45. The van der Waals surface area contributed by atoms with E-state index in [9.17, 15) is 35.7 Å². The van der Waals surface area contributed by atoms with Crippen LogP contribution in [0.15, 0.2) is 0 Å². The van der Waals surface area contributed by atoms with Gasteiger partial charge in [-0.15, -0.1) is 0 Å². The van der Waals surface area contributed by atoms with Crippen molar-refractivity contribution in [3.05, 3.63) is 0 Å². The van der Waals surface area contributed by atoms with Gasteiger partial charge in [-0.2, -0.15) is 0 Å². The first-order valence-corrected chi connectivity index (χ1v) is 12.8. The van der Waals surface area contributed by atoms with Crippen molar-refractivity contribution >= 4 is 0 Å². The maximum atomic E-state index is 11.0. The highest BCUT2D eigenvalue weighted by atomic mass is 16.7. The van der Waals surface area contributed by atoms with E-state index < -0.39 is 79.2 Å². The number of hydrogen-bond donors (Lipinski definition) is 8. The van der Waals surface area contributed by atoms with Crippen molar-refractivity contribution in [1.82, 2.24) is 0 Å². The van der Waals surface area contributed by atoms with Gasteiger partial charge in [-0.3, -0.25) is 0 Å². The molecule has 0 aromatic heterocycles. The first-order valence-electron chi connectivity index (χ1n) is 12.8. The van der Waals surface area contributed by atoms with Gasteiger partial charge in [-0.05, 0) is 26.7 Å². The molecule has 2 saturated heterocycles. The SMILES string of the molecule is CCC(C)(OC1OCC(O)C(O)C1O)C1COC(OC(C)(CC)[C@@H](C)COC(O)[C@@H](O)CO)C(O)C1O. The average Bonchev–Trinajstić information content (AvgIpc) is 2.89. The summed E-state index contributed by atoms with van der Waals surface area (Å²) in [4.78, 5) is 0. The van der Waals surface area contributed by atoms with Crippen LogP contribution in [-0.4, -0.2) is 134 Å². The molecule has 0 aromatic carbocycles. The van der Waals surface area contributed by atoms with Gasteiger partial charge >= 0.3 is 0 Å². The Morgan fingerprint density at radius 1 is 0.838 bits per heavy atom. The van der Waals surface area contributed by atoms with Crippen LogP contribution < -0.4 is 0 Å². The minimum absolute atomic E-state index is 0.0252. The summed E-state index contributed by atoms with van der Waals surface area (Å²) in [6.45, 7) is 7.89. The zero-order valence-corrected chi connectivity index (χ0v) is 22.2. The first kappa shape index (κ1) is 32.7. The van der Waals surface area contributed by atoms with Crippen molar-refractivity contribution < 1.29 is 64.5 Å². The molecular formula is C24H46O13. The predicted octanol–water partition coefficient (Wildman–Crippen LogP) is -2.19. The van der Waals surface area contributed by atoms with Crippen LogP contribution in [0.1, 0.15) is 47.5 Å². The summed E-state index contributed by atoms with van der Waals surface area (Å²) in [7, 11) is 0. The molecule has 13 atom stereocenters. The van der Waals surface area contributed by atoms with E-state index >= 15 is 0 Å². The molecule has 2 aliphatic heterocycles. The Balaban J connectivity index is 2.05. The lowest BCUT2D eigenvalue weighted by atomic mass is 9.79. The quantitative estimate of drug-likeness (QED) is 0.117. The lowest BCUT2D eigenvalue weighted by Gasteiger charge is -2.49. The molecule has 11 unspecified atom stereocenters. The highest BCUT2D eigenvalue weighted by Crippen LogP contribution is 2.39. The standard InChI is InChI=1S/C24H46O13/c1-6-23(4,12(3)9-33-20(32)14(26)8-25)36-21-18(30)16(28)13(10-34-21)24(5,7-2)37-22-19(31)17(29)15(27)11-35-22/h12-22,25-32H,6-11H2,1-5H3/t12-,13?,14-,15?,16?,17?,18?,19?,20?,21?,22?,23?,24?/m0/s1. The molecular weight excluding hydrogens is 496 g/mol. The van der Waals surface area contributed by atoms with Crippen LogP contribution in [0, 0.1) is 11.8 Å². The molecule has 37 heavy (non-hydrogen) atoms. The maximum absolute atomic E-state index is 11.0. The number of hydrogen-bond acceptors (Lipinski definition) is 13. The van der Waals surface area contributed by atoms with E-state index in [1.165, 1.54) is 0 Å². The summed E-state index contributed by atoms with van der Waals surface area (Å²) in [6.07, 6.45) is -11.7. The Labute approximate surface area is 217 Å². The average molecular weight is 543 g/mol. The number of ether oxygens (including phenoxy) is 5. The van der Waals surface area contributed by atoms with E-state index in [4.69, 9.17) is 28.8 Å². The van der Waals surface area contributed by atoms with E-state index in [2.05, 4.69) is 0 Å². The van der Waals surface area contributed by atoms with Crippen LogP contribution in [0.2, 0.25) is 0 Å². The van der Waals surface area contributed by atoms with Crippen LogP contribution in [0.5, 0.6) is 0 Å². The molecule has 13 heteroatoms. The van der Waals surface area contributed by atoms with Gasteiger partial charge in [0, 0.05) is 11.8 Å². The predicted molar refractivity (Wildman–Crippen MR) is 127 cm³/mol. The molecule has 0 aromatic rings. The molecule has 0 aliphatic carbocycles. The van der Waals surface area contributed by atoms with E-state index in [1.54, 1.807) is 27.7 Å². The van der Waals surface area contributed by atoms with Gasteiger partial charge in [0.2, 0.25) is 0 Å². The Morgan fingerprint density at radius 3 is 1.97 bits per heavy atom. The van der Waals surface area contributed by atoms with Crippen molar-refractivity contribution in [2.45, 2.75) is 114 Å². The molecule has 2 heterocycles. The monoisotopic (exact) mass is 542 g/mol. The summed E-state index contributed by atoms with van der Waals surface area (Å²) < 4.78 is 28.5. The Hall–Kier alpha value is -0.520. The number of aliphatic hydroxyl groups is 8. The highest BCUT2D eigenvalue weighted by molar-refractivity contribution is 4.96. The molecule has 0 bridgehead atoms. The number of rotatable bonds is 13. The highest BCUT2D eigenvalue weighted by Gasteiger charge is 2.52. The minimum atomic E-state index is -1.57. The van der Waals surface area contributed by atoms with Crippen molar-refractivity contribution in [2.24, 2.45) is 11.8 Å². The van der Waals surface area contributed by atoms with Crippen LogP contribution in [-0.2, 0) is 23.7 Å². The lowest BCUT2D eigenvalue weighted by Crippen LogP contribution is -2.62. The van der Waals surface area contributed by atoms with E-state index in [0.29, 0.717) is 12.8 Å². The van der Waals surface area contributed by atoms with Gasteiger partial charge in [0.1, 0.15) is 30.5 Å². The van der Waals surface area contributed by atoms with Gasteiger partial charge in [-0.1, -0.05) is 20.8 Å². The van der Waals surface area contributed by atoms with Crippen LogP contribution in [0.4, 0.5) is 0 Å². The van der Waals surface area contributed by atoms with E-state index in [1.807, 2.05) is 6.92 Å². The molecule has 2 aliphatic rings. The third-order valence-electron chi connectivity index (χ3n) is 7.97. The third kappa shape index (κ3) is 7.57.